The van der Waals surface area contributed by atoms with Gasteiger partial charge in [0.25, 0.3) is 0 Å². The van der Waals surface area contributed by atoms with Crippen molar-refractivity contribution >= 4 is 11.5 Å². The molecule has 5 rings (SSSR count). The Hall–Kier alpha value is -3.70. The number of benzene rings is 2. The van der Waals surface area contributed by atoms with E-state index >= 15 is 0 Å². The van der Waals surface area contributed by atoms with E-state index in [1.165, 1.54) is 18.5 Å². The van der Waals surface area contributed by atoms with Crippen LogP contribution in [-0.4, -0.2) is 42.8 Å². The molecule has 0 unspecified atom stereocenters. The molecule has 0 bridgehead atoms. The maximum Gasteiger partial charge on any atom is 0.387 e. The summed E-state index contributed by atoms with van der Waals surface area (Å²) in [6.45, 7) is -0.849. The van der Waals surface area contributed by atoms with E-state index in [4.69, 9.17) is 5.26 Å². The number of nitrogens with zero attached hydrogens (tertiary/aromatic N) is 3. The largest absolute Gasteiger partial charge is 0.435 e. The Bertz CT molecular complexity index is 1230. The second-order valence-electron chi connectivity index (χ2n) is 10.1. The molecule has 3 atom stereocenters. The van der Waals surface area contributed by atoms with E-state index in [1.54, 1.807) is 30.5 Å². The Morgan fingerprint density at radius 2 is 1.68 bits per heavy atom. The van der Waals surface area contributed by atoms with Crippen LogP contribution >= 0.6 is 0 Å². The zero-order valence-electron chi connectivity index (χ0n) is 21.3. The molecule has 1 aromatic heterocycles. The fourth-order valence-electron chi connectivity index (χ4n) is 5.61. The zero-order valence-corrected chi connectivity index (χ0v) is 21.3. The number of nitrogens with one attached hydrogen (secondary N) is 2. The summed E-state index contributed by atoms with van der Waals surface area (Å²) >= 11 is 0. The van der Waals surface area contributed by atoms with E-state index in [0.29, 0.717) is 17.6 Å². The third kappa shape index (κ3) is 6.59. The molecule has 38 heavy (non-hydrogen) atoms. The Balaban J connectivity index is 1.22. The molecule has 8 heteroatoms. The van der Waals surface area contributed by atoms with Crippen LogP contribution < -0.4 is 20.3 Å². The highest BCUT2D eigenvalue weighted by Gasteiger charge is 2.29. The minimum absolute atomic E-state index is 0.146. The highest BCUT2D eigenvalue weighted by Crippen LogP contribution is 2.28. The third-order valence-corrected chi connectivity index (χ3v) is 7.50. The van der Waals surface area contributed by atoms with Gasteiger partial charge in [0.1, 0.15) is 11.6 Å². The first-order valence-corrected chi connectivity index (χ1v) is 13.4. The Kier molecular flexibility index (Phi) is 8.34. The molecule has 1 aliphatic carbocycles. The Morgan fingerprint density at radius 3 is 2.42 bits per heavy atom. The molecule has 2 aromatic carbocycles. The first-order chi connectivity index (χ1) is 18.6. The van der Waals surface area contributed by atoms with Crippen LogP contribution in [0.3, 0.4) is 0 Å². The van der Waals surface area contributed by atoms with Crippen molar-refractivity contribution in [1.82, 2.24) is 10.3 Å². The Morgan fingerprint density at radius 1 is 0.921 bits per heavy atom. The molecule has 198 valence electrons. The maximum atomic E-state index is 12.5. The van der Waals surface area contributed by atoms with Gasteiger partial charge in [-0.05, 0) is 85.3 Å². The molecule has 2 heterocycles. The fraction of sp³-hybridized carbons (Fsp3) is 0.400. The molecular weight excluding hydrogens is 484 g/mol. The number of hydrogen-bond acceptors (Lipinski definition) is 6. The summed E-state index contributed by atoms with van der Waals surface area (Å²) in [4.78, 5) is 6.98. The topological polar surface area (TPSA) is 73.2 Å². The van der Waals surface area contributed by atoms with Crippen LogP contribution in [-0.2, 0) is 0 Å². The number of nitriles is 1. The maximum absolute atomic E-state index is 12.5. The van der Waals surface area contributed by atoms with Crippen molar-refractivity contribution in [1.29, 1.82) is 5.26 Å². The molecule has 1 saturated carbocycles. The standard InChI is InChI=1S/C30H33F2N5O/c31-30(32)38-26-13-9-22(10-14-26)23-15-16-34-29(18-23)36-28-6-2-1-5-27(28)35-24-4-3-17-37(20-24)25-11-7-21(19-33)8-12-25/h7-16,18,24,27-28,30,35H,1-6,17,20H2,(H,34,36)/t24-,27+,28+/m0/s1. The molecular formula is C30H33F2N5O. The second kappa shape index (κ2) is 12.2. The number of aromatic nitrogens is 1. The lowest BCUT2D eigenvalue weighted by atomic mass is 9.89. The average Bonchev–Trinajstić information content (AvgIpc) is 2.95. The number of pyridine rings is 1. The first-order valence-electron chi connectivity index (χ1n) is 13.4. The quantitative estimate of drug-likeness (QED) is 0.371. The van der Waals surface area contributed by atoms with Gasteiger partial charge < -0.3 is 20.3 Å². The summed E-state index contributed by atoms with van der Waals surface area (Å²) in [5.41, 5.74) is 3.74. The minimum Gasteiger partial charge on any atom is -0.435 e. The van der Waals surface area contributed by atoms with Crippen molar-refractivity contribution in [3.05, 3.63) is 72.4 Å². The van der Waals surface area contributed by atoms with Gasteiger partial charge in [0.15, 0.2) is 0 Å². The normalized spacial score (nSPS) is 21.6. The minimum atomic E-state index is -2.83. The van der Waals surface area contributed by atoms with E-state index in [-0.39, 0.29) is 11.8 Å². The summed E-state index contributed by atoms with van der Waals surface area (Å²) in [6.07, 6.45) is 8.66. The molecule has 1 aliphatic heterocycles. The second-order valence-corrected chi connectivity index (χ2v) is 10.1. The van der Waals surface area contributed by atoms with Crippen LogP contribution in [0, 0.1) is 11.3 Å². The van der Waals surface area contributed by atoms with Gasteiger partial charge in [-0.15, -0.1) is 0 Å². The van der Waals surface area contributed by atoms with Gasteiger partial charge in [-0.3, -0.25) is 0 Å². The van der Waals surface area contributed by atoms with Gasteiger partial charge >= 0.3 is 6.61 Å². The van der Waals surface area contributed by atoms with Crippen LogP contribution in [0.25, 0.3) is 11.1 Å². The molecule has 0 radical (unpaired) electrons. The van der Waals surface area contributed by atoms with Gasteiger partial charge in [-0.1, -0.05) is 25.0 Å². The Labute approximate surface area is 222 Å². The summed E-state index contributed by atoms with van der Waals surface area (Å²) in [5, 5.41) is 16.7. The number of alkyl halides is 2. The van der Waals surface area contributed by atoms with Crippen LogP contribution in [0.1, 0.15) is 44.1 Å². The van der Waals surface area contributed by atoms with E-state index in [9.17, 15) is 8.78 Å². The highest BCUT2D eigenvalue weighted by molar-refractivity contribution is 5.67. The number of rotatable bonds is 8. The molecule has 1 saturated heterocycles. The predicted octanol–water partition coefficient (Wildman–Crippen LogP) is 6.20. The zero-order chi connectivity index (χ0) is 26.3. The number of anilines is 2. The lowest BCUT2D eigenvalue weighted by molar-refractivity contribution is -0.0498. The van der Waals surface area contributed by atoms with Crippen LogP contribution in [0.2, 0.25) is 0 Å². The van der Waals surface area contributed by atoms with Crippen LogP contribution in [0.5, 0.6) is 5.75 Å². The lowest BCUT2D eigenvalue weighted by Gasteiger charge is -2.40. The summed E-state index contributed by atoms with van der Waals surface area (Å²) in [6, 6.07) is 21.7. The van der Waals surface area contributed by atoms with Crippen LogP contribution in [0.15, 0.2) is 66.9 Å². The number of hydrogen-bond donors (Lipinski definition) is 2. The SMILES string of the molecule is N#Cc1ccc(N2CCC[C@H](N[C@@H]3CCCC[C@H]3Nc3cc(-c4ccc(OC(F)F)cc4)ccn3)C2)cc1. The molecule has 0 spiro atoms. The first kappa shape index (κ1) is 25.9. The van der Waals surface area contributed by atoms with E-state index in [2.05, 4.69) is 31.3 Å². The number of ether oxygens (including phenoxy) is 1. The van der Waals surface area contributed by atoms with Gasteiger partial charge in [0, 0.05) is 43.1 Å². The fourth-order valence-corrected chi connectivity index (χ4v) is 5.61. The number of piperidine rings is 1. The van der Waals surface area contributed by atoms with Crippen LogP contribution in [0.4, 0.5) is 20.3 Å². The smallest absolute Gasteiger partial charge is 0.387 e. The average molecular weight is 518 g/mol. The van der Waals surface area contributed by atoms with Crippen molar-refractivity contribution in [3.63, 3.8) is 0 Å². The van der Waals surface area contributed by atoms with Crippen molar-refractivity contribution in [3.8, 4) is 22.9 Å². The summed E-state index contributed by atoms with van der Waals surface area (Å²) in [7, 11) is 0. The highest BCUT2D eigenvalue weighted by atomic mass is 19.3. The molecule has 2 N–H and O–H groups in total. The number of halogens is 2. The monoisotopic (exact) mass is 517 g/mol. The molecule has 3 aromatic rings. The van der Waals surface area contributed by atoms with Gasteiger partial charge in [0.05, 0.1) is 11.6 Å². The lowest BCUT2D eigenvalue weighted by Crippen LogP contribution is -2.54. The van der Waals surface area contributed by atoms with Gasteiger partial charge in [0.2, 0.25) is 0 Å². The molecule has 6 nitrogen and oxygen atoms in total. The van der Waals surface area contributed by atoms with Gasteiger partial charge in [-0.2, -0.15) is 14.0 Å². The summed E-state index contributed by atoms with van der Waals surface area (Å²) < 4.78 is 29.4. The van der Waals surface area contributed by atoms with Crippen molar-refractivity contribution < 1.29 is 13.5 Å². The van der Waals surface area contributed by atoms with Crippen molar-refractivity contribution in [2.75, 3.05) is 23.3 Å². The molecule has 2 fully saturated rings. The van der Waals surface area contributed by atoms with Crippen molar-refractivity contribution in [2.45, 2.75) is 63.3 Å². The van der Waals surface area contributed by atoms with E-state index < -0.39 is 6.61 Å². The summed E-state index contributed by atoms with van der Waals surface area (Å²) in [5.74, 6) is 0.963. The predicted molar refractivity (Wildman–Crippen MR) is 145 cm³/mol. The molecule has 2 aliphatic rings. The molecule has 0 amide bonds. The van der Waals surface area contributed by atoms with Crippen molar-refractivity contribution in [2.24, 2.45) is 0 Å². The van der Waals surface area contributed by atoms with E-state index in [1.807, 2.05) is 36.4 Å². The van der Waals surface area contributed by atoms with E-state index in [0.717, 1.165) is 55.7 Å². The third-order valence-electron chi connectivity index (χ3n) is 7.50. The van der Waals surface area contributed by atoms with Gasteiger partial charge in [-0.25, -0.2) is 4.98 Å².